The third-order valence-corrected chi connectivity index (χ3v) is 2.00. The maximum atomic E-state index is 11.5. The summed E-state index contributed by atoms with van der Waals surface area (Å²) in [7, 11) is 0. The number of rotatable bonds is 6. The summed E-state index contributed by atoms with van der Waals surface area (Å²) in [6, 6.07) is 0. The van der Waals surface area contributed by atoms with Crippen LogP contribution >= 0.6 is 0 Å². The summed E-state index contributed by atoms with van der Waals surface area (Å²) in [6.07, 6.45) is 7.13. The van der Waals surface area contributed by atoms with Crippen molar-refractivity contribution in [1.82, 2.24) is 4.90 Å². The average molecular weight is 209 g/mol. The minimum absolute atomic E-state index is 0.265. The summed E-state index contributed by atoms with van der Waals surface area (Å²) in [6.45, 7) is 7.69. The molecule has 0 aliphatic heterocycles. The second-order valence-electron chi connectivity index (χ2n) is 3.24. The first-order valence-corrected chi connectivity index (χ1v) is 5.28. The quantitative estimate of drug-likeness (QED) is 0.497. The molecule has 0 aliphatic carbocycles. The summed E-state index contributed by atoms with van der Waals surface area (Å²) < 4.78 is 0. The SMILES string of the molecule is C=CC(=O)N(CCCCC)C(=O)C=CC. The van der Waals surface area contributed by atoms with Gasteiger partial charge >= 0.3 is 0 Å². The van der Waals surface area contributed by atoms with Gasteiger partial charge in [-0.05, 0) is 25.5 Å². The predicted molar refractivity (Wildman–Crippen MR) is 61.3 cm³/mol. The van der Waals surface area contributed by atoms with Crippen LogP contribution in [-0.4, -0.2) is 23.3 Å². The van der Waals surface area contributed by atoms with Crippen LogP contribution in [0.15, 0.2) is 24.8 Å². The molecule has 2 amide bonds. The van der Waals surface area contributed by atoms with Crippen molar-refractivity contribution in [2.24, 2.45) is 0 Å². The molecule has 0 saturated heterocycles. The Hall–Kier alpha value is -1.38. The molecule has 0 spiro atoms. The van der Waals surface area contributed by atoms with E-state index in [0.717, 1.165) is 19.3 Å². The summed E-state index contributed by atoms with van der Waals surface area (Å²) in [5, 5.41) is 0. The average Bonchev–Trinajstić information content (AvgIpc) is 2.23. The highest BCUT2D eigenvalue weighted by molar-refractivity contribution is 6.04. The number of hydrogen-bond acceptors (Lipinski definition) is 2. The van der Waals surface area contributed by atoms with E-state index in [2.05, 4.69) is 13.5 Å². The Balaban J connectivity index is 4.37. The van der Waals surface area contributed by atoms with Crippen molar-refractivity contribution in [3.8, 4) is 0 Å². The first kappa shape index (κ1) is 13.6. The van der Waals surface area contributed by atoms with Crippen LogP contribution in [-0.2, 0) is 9.59 Å². The van der Waals surface area contributed by atoms with Crippen molar-refractivity contribution < 1.29 is 9.59 Å². The molecule has 0 bridgehead atoms. The Morgan fingerprint density at radius 2 is 1.93 bits per heavy atom. The topological polar surface area (TPSA) is 37.4 Å². The monoisotopic (exact) mass is 209 g/mol. The molecule has 0 aromatic heterocycles. The normalized spacial score (nSPS) is 10.3. The van der Waals surface area contributed by atoms with Crippen LogP contribution in [0.3, 0.4) is 0 Å². The smallest absolute Gasteiger partial charge is 0.253 e. The van der Waals surface area contributed by atoms with E-state index in [1.807, 2.05) is 0 Å². The number of carbonyl (C=O) groups excluding carboxylic acids is 2. The molecule has 15 heavy (non-hydrogen) atoms. The van der Waals surface area contributed by atoms with Crippen LogP contribution in [0.2, 0.25) is 0 Å². The summed E-state index contributed by atoms with van der Waals surface area (Å²) >= 11 is 0. The number of hydrogen-bond donors (Lipinski definition) is 0. The van der Waals surface area contributed by atoms with Crippen molar-refractivity contribution in [3.05, 3.63) is 24.8 Å². The Morgan fingerprint density at radius 3 is 2.40 bits per heavy atom. The van der Waals surface area contributed by atoms with Gasteiger partial charge in [-0.3, -0.25) is 14.5 Å². The first-order chi connectivity index (χ1) is 7.17. The molecule has 0 fully saturated rings. The molecule has 0 heterocycles. The number of carbonyl (C=O) groups is 2. The zero-order chi connectivity index (χ0) is 11.7. The lowest BCUT2D eigenvalue weighted by atomic mass is 10.2. The Labute approximate surface area is 91.5 Å². The highest BCUT2D eigenvalue weighted by atomic mass is 16.2. The maximum absolute atomic E-state index is 11.5. The number of imide groups is 1. The standard InChI is InChI=1S/C12H19NO2/c1-4-7-8-10-13(11(14)6-3)12(15)9-5-2/h5-6,9H,3-4,7-8,10H2,1-2H3. The van der Waals surface area contributed by atoms with Crippen LogP contribution in [0.5, 0.6) is 0 Å². The van der Waals surface area contributed by atoms with E-state index in [1.165, 1.54) is 17.1 Å². The van der Waals surface area contributed by atoms with E-state index in [0.29, 0.717) is 6.54 Å². The minimum Gasteiger partial charge on any atom is -0.275 e. The van der Waals surface area contributed by atoms with E-state index >= 15 is 0 Å². The van der Waals surface area contributed by atoms with E-state index in [-0.39, 0.29) is 11.8 Å². The molecule has 0 N–H and O–H groups in total. The molecule has 0 aliphatic rings. The summed E-state index contributed by atoms with van der Waals surface area (Å²) in [5.41, 5.74) is 0. The van der Waals surface area contributed by atoms with Gasteiger partial charge in [-0.2, -0.15) is 0 Å². The van der Waals surface area contributed by atoms with Gasteiger partial charge in [0.2, 0.25) is 0 Å². The minimum atomic E-state index is -0.325. The van der Waals surface area contributed by atoms with Crippen molar-refractivity contribution in [3.63, 3.8) is 0 Å². The number of amides is 2. The fourth-order valence-electron chi connectivity index (χ4n) is 1.19. The molecular weight excluding hydrogens is 190 g/mol. The molecule has 0 atom stereocenters. The zero-order valence-corrected chi connectivity index (χ0v) is 9.53. The second kappa shape index (κ2) is 7.97. The third kappa shape index (κ3) is 5.15. The lowest BCUT2D eigenvalue weighted by Crippen LogP contribution is -2.35. The Kier molecular flexibility index (Phi) is 7.24. The molecule has 0 radical (unpaired) electrons. The van der Waals surface area contributed by atoms with E-state index < -0.39 is 0 Å². The molecule has 84 valence electrons. The molecule has 0 unspecified atom stereocenters. The fourth-order valence-corrected chi connectivity index (χ4v) is 1.19. The van der Waals surface area contributed by atoms with E-state index in [1.54, 1.807) is 13.0 Å². The Morgan fingerprint density at radius 1 is 1.27 bits per heavy atom. The molecule has 0 saturated carbocycles. The molecular formula is C12H19NO2. The van der Waals surface area contributed by atoms with Crippen LogP contribution in [0.1, 0.15) is 33.1 Å². The van der Waals surface area contributed by atoms with Crippen molar-refractivity contribution in [2.45, 2.75) is 33.1 Å². The highest BCUT2D eigenvalue weighted by Gasteiger charge is 2.15. The van der Waals surface area contributed by atoms with Gasteiger partial charge in [-0.25, -0.2) is 0 Å². The molecule has 3 heteroatoms. The van der Waals surface area contributed by atoms with Crippen LogP contribution in [0, 0.1) is 0 Å². The lowest BCUT2D eigenvalue weighted by Gasteiger charge is -2.17. The summed E-state index contributed by atoms with van der Waals surface area (Å²) in [5.74, 6) is -0.590. The highest BCUT2D eigenvalue weighted by Crippen LogP contribution is 2.01. The van der Waals surface area contributed by atoms with Gasteiger partial charge < -0.3 is 0 Å². The molecule has 0 aromatic rings. The van der Waals surface area contributed by atoms with Gasteiger partial charge in [0, 0.05) is 6.54 Å². The van der Waals surface area contributed by atoms with Gasteiger partial charge in [0.15, 0.2) is 0 Å². The van der Waals surface area contributed by atoms with Crippen LogP contribution < -0.4 is 0 Å². The summed E-state index contributed by atoms with van der Waals surface area (Å²) in [4.78, 5) is 24.1. The van der Waals surface area contributed by atoms with Crippen molar-refractivity contribution >= 4 is 11.8 Å². The Bertz CT molecular complexity index is 256. The maximum Gasteiger partial charge on any atom is 0.253 e. The number of nitrogens with zero attached hydrogens (tertiary/aromatic N) is 1. The van der Waals surface area contributed by atoms with Crippen LogP contribution in [0.25, 0.3) is 0 Å². The second-order valence-corrected chi connectivity index (χ2v) is 3.24. The largest absolute Gasteiger partial charge is 0.275 e. The number of allylic oxidation sites excluding steroid dienone is 1. The van der Waals surface area contributed by atoms with Gasteiger partial charge in [0.1, 0.15) is 0 Å². The van der Waals surface area contributed by atoms with Gasteiger partial charge in [0.05, 0.1) is 0 Å². The molecule has 0 aromatic carbocycles. The lowest BCUT2D eigenvalue weighted by molar-refractivity contribution is -0.138. The molecule has 3 nitrogen and oxygen atoms in total. The van der Waals surface area contributed by atoms with E-state index in [9.17, 15) is 9.59 Å². The third-order valence-electron chi connectivity index (χ3n) is 2.00. The first-order valence-electron chi connectivity index (χ1n) is 5.28. The van der Waals surface area contributed by atoms with Crippen LogP contribution in [0.4, 0.5) is 0 Å². The van der Waals surface area contributed by atoms with Crippen molar-refractivity contribution in [2.75, 3.05) is 6.54 Å². The van der Waals surface area contributed by atoms with Gasteiger partial charge in [-0.1, -0.05) is 32.4 Å². The number of unbranched alkanes of at least 4 members (excludes halogenated alkanes) is 2. The van der Waals surface area contributed by atoms with E-state index in [4.69, 9.17) is 0 Å². The fraction of sp³-hybridized carbons (Fsp3) is 0.500. The van der Waals surface area contributed by atoms with Gasteiger partial charge in [-0.15, -0.1) is 0 Å². The zero-order valence-electron chi connectivity index (χ0n) is 9.53. The molecule has 0 rings (SSSR count). The van der Waals surface area contributed by atoms with Gasteiger partial charge in [0.25, 0.3) is 11.8 Å². The van der Waals surface area contributed by atoms with Crippen molar-refractivity contribution in [1.29, 1.82) is 0 Å². The predicted octanol–water partition coefficient (Wildman–Crippen LogP) is 2.29.